The van der Waals surface area contributed by atoms with Crippen molar-refractivity contribution >= 4 is 34.0 Å². The number of hydrogen-bond acceptors (Lipinski definition) is 0. The van der Waals surface area contributed by atoms with Crippen LogP contribution in [0.1, 0.15) is 46.0 Å². The maximum atomic E-state index is 6.63. The van der Waals surface area contributed by atoms with E-state index in [0.29, 0.717) is 5.54 Å². The smallest absolute Gasteiger partial charge is 0.139 e. The fraction of sp³-hybridized carbons (Fsp3) is 0.571. The van der Waals surface area contributed by atoms with Crippen molar-refractivity contribution in [3.8, 4) is 0 Å². The predicted octanol–water partition coefficient (Wildman–Crippen LogP) is 5.17. The highest BCUT2D eigenvalue weighted by atomic mass is 35.7. The molecule has 3 heteroatoms. The predicted molar refractivity (Wildman–Crippen MR) is 81.7 cm³/mol. The number of hydrogen-bond donors (Lipinski definition) is 0. The molecule has 1 unspecified atom stereocenters. The molecule has 1 aromatic rings. The summed E-state index contributed by atoms with van der Waals surface area (Å²) < 4.78 is 0. The van der Waals surface area contributed by atoms with Crippen molar-refractivity contribution < 1.29 is 0 Å². The van der Waals surface area contributed by atoms with Crippen LogP contribution in [0.2, 0.25) is 5.54 Å². The highest BCUT2D eigenvalue weighted by Crippen LogP contribution is 2.33. The summed E-state index contributed by atoms with van der Waals surface area (Å²) in [6.45, 7) is 2.13. The SMILES string of the molecule is CCCCCCC(C)[Si](Cl)(Cl)c1ccccc1. The van der Waals surface area contributed by atoms with E-state index in [4.69, 9.17) is 22.2 Å². The van der Waals surface area contributed by atoms with Gasteiger partial charge in [-0.1, -0.05) is 76.3 Å². The van der Waals surface area contributed by atoms with E-state index in [0.717, 1.165) is 11.6 Å². The number of rotatable bonds is 7. The van der Waals surface area contributed by atoms with Crippen molar-refractivity contribution in [2.45, 2.75) is 51.5 Å². The zero-order valence-electron chi connectivity index (χ0n) is 10.8. The molecule has 0 amide bonds. The van der Waals surface area contributed by atoms with E-state index in [1.807, 2.05) is 18.2 Å². The topological polar surface area (TPSA) is 0 Å². The molecule has 0 spiro atoms. The quantitative estimate of drug-likeness (QED) is 0.369. The number of halogens is 2. The average Bonchev–Trinajstić information content (AvgIpc) is 2.35. The summed E-state index contributed by atoms with van der Waals surface area (Å²) in [5, 5.41) is 1.14. The summed E-state index contributed by atoms with van der Waals surface area (Å²) in [4.78, 5) is 0. The first-order valence-corrected chi connectivity index (χ1v) is 10.6. The lowest BCUT2D eigenvalue weighted by molar-refractivity contribution is 0.621. The minimum atomic E-state index is -2.30. The minimum absolute atomic E-state index is 0.421. The van der Waals surface area contributed by atoms with Gasteiger partial charge in [0.25, 0.3) is 6.69 Å². The maximum Gasteiger partial charge on any atom is 0.283 e. The fourth-order valence-corrected chi connectivity index (χ4v) is 5.19. The van der Waals surface area contributed by atoms with E-state index in [1.165, 1.54) is 25.7 Å². The molecule has 17 heavy (non-hydrogen) atoms. The Labute approximate surface area is 116 Å². The third-order valence-corrected chi connectivity index (χ3v) is 9.44. The van der Waals surface area contributed by atoms with Crippen LogP contribution >= 0.6 is 22.2 Å². The lowest BCUT2D eigenvalue weighted by Crippen LogP contribution is -2.40. The van der Waals surface area contributed by atoms with Crippen LogP contribution < -0.4 is 5.19 Å². The van der Waals surface area contributed by atoms with Gasteiger partial charge in [0.1, 0.15) is 0 Å². The molecule has 1 aromatic carbocycles. The second-order valence-corrected chi connectivity index (χ2v) is 11.7. The van der Waals surface area contributed by atoms with Crippen LogP contribution in [-0.2, 0) is 0 Å². The number of benzene rings is 1. The van der Waals surface area contributed by atoms with Crippen molar-refractivity contribution in [2.24, 2.45) is 0 Å². The van der Waals surface area contributed by atoms with Crippen LogP contribution in [0.4, 0.5) is 0 Å². The zero-order valence-corrected chi connectivity index (χ0v) is 13.3. The third-order valence-electron chi connectivity index (χ3n) is 3.27. The Morgan fingerprint density at radius 2 is 1.71 bits per heavy atom. The molecule has 0 N–H and O–H groups in total. The van der Waals surface area contributed by atoms with Crippen LogP contribution in [0.5, 0.6) is 0 Å². The average molecular weight is 289 g/mol. The Bertz CT molecular complexity index is 311. The monoisotopic (exact) mass is 288 g/mol. The van der Waals surface area contributed by atoms with Gasteiger partial charge in [-0.3, -0.25) is 0 Å². The summed E-state index contributed by atoms with van der Waals surface area (Å²) in [7, 11) is 0. The molecule has 0 fully saturated rings. The summed E-state index contributed by atoms with van der Waals surface area (Å²) in [5.41, 5.74) is 0.421. The Kier molecular flexibility index (Phi) is 6.61. The first kappa shape index (κ1) is 15.1. The van der Waals surface area contributed by atoms with Crippen molar-refractivity contribution in [1.29, 1.82) is 0 Å². The highest BCUT2D eigenvalue weighted by Gasteiger charge is 2.36. The maximum absolute atomic E-state index is 6.63. The second kappa shape index (κ2) is 7.45. The Morgan fingerprint density at radius 1 is 1.06 bits per heavy atom. The zero-order chi connectivity index (χ0) is 12.7. The van der Waals surface area contributed by atoms with Crippen molar-refractivity contribution in [2.75, 3.05) is 0 Å². The van der Waals surface area contributed by atoms with Crippen LogP contribution in [0.25, 0.3) is 0 Å². The molecule has 96 valence electrons. The van der Waals surface area contributed by atoms with E-state index in [1.54, 1.807) is 0 Å². The normalized spacial score (nSPS) is 13.6. The van der Waals surface area contributed by atoms with Gasteiger partial charge in [-0.15, -0.1) is 22.2 Å². The second-order valence-electron chi connectivity index (χ2n) is 4.74. The van der Waals surface area contributed by atoms with Gasteiger partial charge in [-0.2, -0.15) is 0 Å². The van der Waals surface area contributed by atoms with E-state index in [2.05, 4.69) is 26.0 Å². The summed E-state index contributed by atoms with van der Waals surface area (Å²) in [5.74, 6) is 0. The number of unbranched alkanes of at least 4 members (excludes halogenated alkanes) is 3. The largest absolute Gasteiger partial charge is 0.283 e. The standard InChI is InChI=1S/C14H22Cl2Si/c1-3-4-5-7-10-13(2)17(15,16)14-11-8-6-9-12-14/h6,8-9,11-13H,3-5,7,10H2,1-2H3. The molecule has 0 saturated carbocycles. The molecule has 0 saturated heterocycles. The van der Waals surface area contributed by atoms with E-state index in [-0.39, 0.29) is 0 Å². The molecular formula is C14H22Cl2Si. The van der Waals surface area contributed by atoms with E-state index < -0.39 is 6.69 Å². The van der Waals surface area contributed by atoms with Gasteiger partial charge in [-0.25, -0.2) is 0 Å². The molecular weight excluding hydrogens is 267 g/mol. The molecule has 0 aliphatic carbocycles. The molecule has 0 aromatic heterocycles. The summed E-state index contributed by atoms with van der Waals surface area (Å²) in [6.07, 6.45) is 6.28. The fourth-order valence-electron chi connectivity index (χ4n) is 2.00. The highest BCUT2D eigenvalue weighted by molar-refractivity contribution is 7.51. The van der Waals surface area contributed by atoms with Gasteiger partial charge in [-0.05, 0) is 10.7 Å². The molecule has 1 atom stereocenters. The van der Waals surface area contributed by atoms with Gasteiger partial charge in [0, 0.05) is 0 Å². The van der Waals surface area contributed by atoms with Crippen LogP contribution in [0.3, 0.4) is 0 Å². The lowest BCUT2D eigenvalue weighted by atomic mass is 10.1. The van der Waals surface area contributed by atoms with E-state index in [9.17, 15) is 0 Å². The molecule has 0 aliphatic rings. The van der Waals surface area contributed by atoms with Crippen LogP contribution in [0, 0.1) is 0 Å². The van der Waals surface area contributed by atoms with Crippen molar-refractivity contribution in [3.63, 3.8) is 0 Å². The van der Waals surface area contributed by atoms with Gasteiger partial charge < -0.3 is 0 Å². The molecule has 1 rings (SSSR count). The molecule has 0 bridgehead atoms. The van der Waals surface area contributed by atoms with Crippen molar-refractivity contribution in [3.05, 3.63) is 30.3 Å². The molecule has 0 heterocycles. The molecule has 0 nitrogen and oxygen atoms in total. The van der Waals surface area contributed by atoms with Gasteiger partial charge in [0.05, 0.1) is 0 Å². The summed E-state index contributed by atoms with van der Waals surface area (Å²) in [6, 6.07) is 10.2. The Balaban J connectivity index is 2.52. The van der Waals surface area contributed by atoms with E-state index >= 15 is 0 Å². The van der Waals surface area contributed by atoms with Gasteiger partial charge >= 0.3 is 0 Å². The third kappa shape index (κ3) is 4.65. The minimum Gasteiger partial charge on any atom is -0.139 e. The van der Waals surface area contributed by atoms with Gasteiger partial charge in [0.2, 0.25) is 0 Å². The summed E-state index contributed by atoms with van der Waals surface area (Å²) >= 11 is 13.3. The molecule has 0 aliphatic heterocycles. The van der Waals surface area contributed by atoms with Gasteiger partial charge in [0.15, 0.2) is 0 Å². The van der Waals surface area contributed by atoms with Crippen LogP contribution in [0.15, 0.2) is 30.3 Å². The Hall–Kier alpha value is 0.0169. The lowest BCUT2D eigenvalue weighted by Gasteiger charge is -2.24. The van der Waals surface area contributed by atoms with Crippen LogP contribution in [-0.4, -0.2) is 6.69 Å². The molecule has 0 radical (unpaired) electrons. The van der Waals surface area contributed by atoms with Crippen molar-refractivity contribution in [1.82, 2.24) is 0 Å². The first-order chi connectivity index (χ1) is 8.09. The first-order valence-electron chi connectivity index (χ1n) is 6.52. The Morgan fingerprint density at radius 3 is 2.29 bits per heavy atom.